The molecule has 4 rings (SSSR count). The minimum atomic E-state index is -1.25. The maximum Gasteiger partial charge on any atom is 0.405 e. The molecular weight excluding hydrogens is 448 g/mol. The smallest absolute Gasteiger partial charge is 0.405 e. The molecule has 1 aliphatic rings. The van der Waals surface area contributed by atoms with Gasteiger partial charge in [0.05, 0.1) is 31.4 Å². The van der Waals surface area contributed by atoms with Crippen molar-refractivity contribution in [2.75, 3.05) is 43.1 Å². The summed E-state index contributed by atoms with van der Waals surface area (Å²) in [5.74, 6) is 1.69. The van der Waals surface area contributed by atoms with Crippen LogP contribution in [-0.2, 0) is 4.74 Å². The normalized spacial score (nSPS) is 13.1. The van der Waals surface area contributed by atoms with E-state index >= 15 is 0 Å². The average molecular weight is 473 g/mol. The molecule has 0 bridgehead atoms. The van der Waals surface area contributed by atoms with Crippen LogP contribution in [0.2, 0.25) is 0 Å². The van der Waals surface area contributed by atoms with E-state index in [1.54, 1.807) is 36.4 Å². The molecule has 1 saturated heterocycles. The lowest BCUT2D eigenvalue weighted by Crippen LogP contribution is -2.36. The van der Waals surface area contributed by atoms with Gasteiger partial charge in [-0.05, 0) is 24.6 Å². The van der Waals surface area contributed by atoms with Crippen molar-refractivity contribution in [1.82, 2.24) is 15.3 Å². The molecule has 10 nitrogen and oxygen atoms in total. The summed E-state index contributed by atoms with van der Waals surface area (Å²) in [7, 11) is 0. The minimum absolute atomic E-state index is 0.295. The molecule has 35 heavy (non-hydrogen) atoms. The zero-order valence-corrected chi connectivity index (χ0v) is 19.1. The summed E-state index contributed by atoms with van der Waals surface area (Å²) < 4.78 is 5.43. The molecule has 1 amide bonds. The molecule has 0 aliphatic carbocycles. The van der Waals surface area contributed by atoms with Gasteiger partial charge in [-0.3, -0.25) is 4.79 Å². The number of amides is 1. The Kier molecular flexibility index (Phi) is 7.18. The number of morpholine rings is 1. The molecule has 2 aromatic carbocycles. The molecule has 10 heteroatoms. The molecule has 0 unspecified atom stereocenters. The van der Waals surface area contributed by atoms with Crippen molar-refractivity contribution in [3.8, 4) is 17.2 Å². The largest absolute Gasteiger partial charge is 0.465 e. The van der Waals surface area contributed by atoms with Gasteiger partial charge in [-0.2, -0.15) is 5.26 Å². The quantitative estimate of drug-likeness (QED) is 0.441. The summed E-state index contributed by atoms with van der Waals surface area (Å²) in [6, 6.07) is 16.2. The second kappa shape index (κ2) is 10.6. The number of rotatable bonds is 7. The topological polar surface area (TPSA) is 140 Å². The first-order valence-electron chi connectivity index (χ1n) is 11.0. The fraction of sp³-hybridized carbons (Fsp3) is 0.240. The fourth-order valence-electron chi connectivity index (χ4n) is 3.77. The van der Waals surface area contributed by atoms with Gasteiger partial charge in [0.1, 0.15) is 17.5 Å². The summed E-state index contributed by atoms with van der Waals surface area (Å²) in [4.78, 5) is 34.0. The van der Waals surface area contributed by atoms with E-state index in [9.17, 15) is 14.9 Å². The number of nitrogens with zero attached hydrogens (tertiary/aromatic N) is 4. The molecular formula is C25H24N6O4. The summed E-state index contributed by atoms with van der Waals surface area (Å²) in [5.41, 5.74) is 3.20. The number of aryl methyl sites for hydroxylation is 1. The first-order chi connectivity index (χ1) is 16.9. The van der Waals surface area contributed by atoms with Crippen LogP contribution in [0.3, 0.4) is 0 Å². The summed E-state index contributed by atoms with van der Waals surface area (Å²) in [6.45, 7) is 4.32. The van der Waals surface area contributed by atoms with E-state index in [2.05, 4.69) is 31.6 Å². The summed E-state index contributed by atoms with van der Waals surface area (Å²) in [5, 5.41) is 23.5. The van der Waals surface area contributed by atoms with Gasteiger partial charge in [-0.1, -0.05) is 30.3 Å². The van der Waals surface area contributed by atoms with E-state index in [0.29, 0.717) is 41.7 Å². The van der Waals surface area contributed by atoms with Crippen molar-refractivity contribution in [1.29, 1.82) is 5.26 Å². The number of benzene rings is 2. The number of ketones is 1. The number of carbonyl (C=O) groups excluding carboxylic acids is 1. The first kappa shape index (κ1) is 23.7. The van der Waals surface area contributed by atoms with Crippen LogP contribution in [0.15, 0.2) is 48.5 Å². The van der Waals surface area contributed by atoms with Gasteiger partial charge in [0.25, 0.3) is 0 Å². The lowest BCUT2D eigenvalue weighted by atomic mass is 9.99. The predicted octanol–water partition coefficient (Wildman–Crippen LogP) is 3.35. The molecule has 3 N–H and O–H groups in total. The lowest BCUT2D eigenvalue weighted by molar-refractivity contribution is 0.0987. The molecule has 1 aliphatic heterocycles. The number of ether oxygens (including phenoxy) is 1. The highest BCUT2D eigenvalue weighted by molar-refractivity contribution is 5.99. The van der Waals surface area contributed by atoms with Crippen LogP contribution in [0, 0.1) is 18.3 Å². The number of hydrogen-bond acceptors (Lipinski definition) is 8. The number of carboxylic acid groups (broad SMARTS) is 1. The second-order valence-corrected chi connectivity index (χ2v) is 7.91. The summed E-state index contributed by atoms with van der Waals surface area (Å²) >= 11 is 0. The van der Waals surface area contributed by atoms with Crippen LogP contribution in [0.4, 0.5) is 22.1 Å². The van der Waals surface area contributed by atoms with Crippen LogP contribution in [0.5, 0.6) is 0 Å². The van der Waals surface area contributed by atoms with Gasteiger partial charge in [0.15, 0.2) is 5.78 Å². The first-order valence-corrected chi connectivity index (χ1v) is 11.0. The van der Waals surface area contributed by atoms with E-state index in [1.807, 2.05) is 19.1 Å². The molecule has 0 radical (unpaired) electrons. The van der Waals surface area contributed by atoms with Crippen molar-refractivity contribution in [2.24, 2.45) is 0 Å². The Morgan fingerprint density at radius 2 is 1.86 bits per heavy atom. The molecule has 2 heterocycles. The van der Waals surface area contributed by atoms with Crippen LogP contribution < -0.4 is 15.5 Å². The van der Waals surface area contributed by atoms with Crippen LogP contribution in [0.25, 0.3) is 11.1 Å². The molecule has 0 saturated carbocycles. The van der Waals surface area contributed by atoms with E-state index in [0.717, 1.165) is 30.0 Å². The molecule has 1 aromatic heterocycles. The van der Waals surface area contributed by atoms with Crippen molar-refractivity contribution in [2.45, 2.75) is 6.92 Å². The van der Waals surface area contributed by atoms with E-state index in [1.165, 1.54) is 0 Å². The number of anilines is 3. The van der Waals surface area contributed by atoms with Gasteiger partial charge in [0.2, 0.25) is 0 Å². The maximum atomic E-state index is 12.2. The summed E-state index contributed by atoms with van der Waals surface area (Å²) in [6.07, 6.45) is -1.25. The van der Waals surface area contributed by atoms with Gasteiger partial charge >= 0.3 is 6.09 Å². The van der Waals surface area contributed by atoms with Crippen LogP contribution in [0.1, 0.15) is 21.7 Å². The third-order valence-corrected chi connectivity index (χ3v) is 5.49. The number of hydrogen-bond donors (Lipinski definition) is 3. The highest BCUT2D eigenvalue weighted by atomic mass is 16.5. The Morgan fingerprint density at radius 1 is 1.11 bits per heavy atom. The second-order valence-electron chi connectivity index (χ2n) is 7.91. The lowest BCUT2D eigenvalue weighted by Gasteiger charge is -2.28. The Bertz CT molecular complexity index is 1280. The average Bonchev–Trinajstić information content (AvgIpc) is 2.87. The third-order valence-electron chi connectivity index (χ3n) is 5.49. The monoisotopic (exact) mass is 472 g/mol. The van der Waals surface area contributed by atoms with Gasteiger partial charge in [-0.15, -0.1) is 0 Å². The molecule has 3 aromatic rings. The number of nitriles is 1. The molecule has 178 valence electrons. The molecule has 1 fully saturated rings. The SMILES string of the molecule is Cc1nc(Nc2cc(C#N)ccc2-c2ccc(C(=O)CNC(=O)O)cc2)cc(N2CCOCC2)n1. The van der Waals surface area contributed by atoms with E-state index in [4.69, 9.17) is 9.84 Å². The fourth-order valence-corrected chi connectivity index (χ4v) is 3.77. The van der Waals surface area contributed by atoms with Crippen molar-refractivity contribution in [3.05, 3.63) is 65.5 Å². The zero-order chi connectivity index (χ0) is 24.8. The Morgan fingerprint density at radius 3 is 2.54 bits per heavy atom. The van der Waals surface area contributed by atoms with Crippen molar-refractivity contribution >= 4 is 29.2 Å². The van der Waals surface area contributed by atoms with Crippen LogP contribution >= 0.6 is 0 Å². The van der Waals surface area contributed by atoms with Gasteiger partial charge in [-0.25, -0.2) is 14.8 Å². The Hall–Kier alpha value is -4.49. The number of Topliss-reactive ketones (excluding diaryl/α,β-unsaturated/α-hetero) is 1. The Balaban J connectivity index is 1.62. The molecule has 0 atom stereocenters. The van der Waals surface area contributed by atoms with E-state index < -0.39 is 6.09 Å². The van der Waals surface area contributed by atoms with Crippen molar-refractivity contribution in [3.63, 3.8) is 0 Å². The Labute approximate surface area is 202 Å². The number of nitrogens with one attached hydrogen (secondary N) is 2. The van der Waals surface area contributed by atoms with E-state index in [-0.39, 0.29) is 12.3 Å². The maximum absolute atomic E-state index is 12.2. The number of aromatic nitrogens is 2. The predicted molar refractivity (Wildman–Crippen MR) is 130 cm³/mol. The third kappa shape index (κ3) is 5.90. The number of carbonyl (C=O) groups is 2. The minimum Gasteiger partial charge on any atom is -0.465 e. The zero-order valence-electron chi connectivity index (χ0n) is 19.1. The molecule has 0 spiro atoms. The highest BCUT2D eigenvalue weighted by Crippen LogP contribution is 2.32. The highest BCUT2D eigenvalue weighted by Gasteiger charge is 2.16. The van der Waals surface area contributed by atoms with Gasteiger partial charge in [0, 0.05) is 36.0 Å². The van der Waals surface area contributed by atoms with Crippen molar-refractivity contribution < 1.29 is 19.4 Å². The van der Waals surface area contributed by atoms with Gasteiger partial charge < -0.3 is 25.4 Å². The van der Waals surface area contributed by atoms with Crippen LogP contribution in [-0.4, -0.2) is 59.8 Å². The standard InChI is InChI=1S/C25H24N6O4/c1-16-28-23(13-24(29-16)31-8-10-35-11-9-31)30-21-12-17(14-26)2-7-20(21)18-3-5-19(6-4-18)22(32)15-27-25(33)34/h2-7,12-13,27H,8-11,15H2,1H3,(H,33,34)(H,28,29,30).